The molecule has 0 fully saturated rings. The summed E-state index contributed by atoms with van der Waals surface area (Å²) in [5.41, 5.74) is 2.05. The lowest BCUT2D eigenvalue weighted by Gasteiger charge is -2.15. The molecule has 0 radical (unpaired) electrons. The number of hydrogen-bond donors (Lipinski definition) is 0. The lowest BCUT2D eigenvalue weighted by molar-refractivity contribution is 0.478. The SMILES string of the molecule is CN(C)c1cccc(Oc2cccc(Cl)c2CBr)c1. The molecule has 0 spiro atoms. The van der Waals surface area contributed by atoms with Crippen LogP contribution in [0.2, 0.25) is 5.02 Å². The van der Waals surface area contributed by atoms with E-state index in [1.54, 1.807) is 0 Å². The van der Waals surface area contributed by atoms with Crippen molar-refractivity contribution < 1.29 is 4.74 Å². The second-order valence-electron chi connectivity index (χ2n) is 4.34. The summed E-state index contributed by atoms with van der Waals surface area (Å²) in [5, 5.41) is 1.37. The number of halogens is 2. The Hall–Kier alpha value is -1.19. The fraction of sp³-hybridized carbons (Fsp3) is 0.200. The zero-order valence-corrected chi connectivity index (χ0v) is 13.2. The van der Waals surface area contributed by atoms with Gasteiger partial charge in [-0.3, -0.25) is 0 Å². The van der Waals surface area contributed by atoms with Crippen molar-refractivity contribution in [2.75, 3.05) is 19.0 Å². The highest BCUT2D eigenvalue weighted by molar-refractivity contribution is 9.08. The summed E-state index contributed by atoms with van der Waals surface area (Å²) in [6, 6.07) is 13.6. The molecule has 2 aromatic carbocycles. The van der Waals surface area contributed by atoms with E-state index in [4.69, 9.17) is 16.3 Å². The molecule has 0 bridgehead atoms. The maximum Gasteiger partial charge on any atom is 0.132 e. The van der Waals surface area contributed by atoms with E-state index in [-0.39, 0.29) is 0 Å². The van der Waals surface area contributed by atoms with Crippen LogP contribution in [0.3, 0.4) is 0 Å². The van der Waals surface area contributed by atoms with Gasteiger partial charge in [-0.2, -0.15) is 0 Å². The topological polar surface area (TPSA) is 12.5 Å². The van der Waals surface area contributed by atoms with E-state index < -0.39 is 0 Å². The fourth-order valence-electron chi connectivity index (χ4n) is 1.72. The van der Waals surface area contributed by atoms with E-state index in [1.165, 1.54) is 0 Å². The highest BCUT2D eigenvalue weighted by atomic mass is 79.9. The molecule has 0 saturated heterocycles. The van der Waals surface area contributed by atoms with Crippen molar-refractivity contribution in [3.8, 4) is 11.5 Å². The molecule has 0 atom stereocenters. The molecule has 0 aliphatic rings. The van der Waals surface area contributed by atoms with Gasteiger partial charge in [-0.15, -0.1) is 0 Å². The number of alkyl halides is 1. The van der Waals surface area contributed by atoms with Gasteiger partial charge in [0.05, 0.1) is 0 Å². The molecule has 19 heavy (non-hydrogen) atoms. The van der Waals surface area contributed by atoms with Crippen LogP contribution < -0.4 is 9.64 Å². The predicted octanol–water partition coefficient (Wildman–Crippen LogP) is 5.09. The van der Waals surface area contributed by atoms with Gasteiger partial charge in [-0.25, -0.2) is 0 Å². The number of rotatable bonds is 4. The highest BCUT2D eigenvalue weighted by Gasteiger charge is 2.08. The number of benzene rings is 2. The van der Waals surface area contributed by atoms with Crippen LogP contribution in [-0.2, 0) is 5.33 Å². The zero-order chi connectivity index (χ0) is 13.8. The molecule has 2 aromatic rings. The first-order chi connectivity index (χ1) is 9.11. The van der Waals surface area contributed by atoms with Crippen molar-refractivity contribution in [2.24, 2.45) is 0 Å². The van der Waals surface area contributed by atoms with Gasteiger partial charge < -0.3 is 9.64 Å². The van der Waals surface area contributed by atoms with Crippen LogP contribution >= 0.6 is 27.5 Å². The van der Waals surface area contributed by atoms with Crippen LogP contribution in [0.4, 0.5) is 5.69 Å². The summed E-state index contributed by atoms with van der Waals surface area (Å²) in [4.78, 5) is 2.04. The van der Waals surface area contributed by atoms with E-state index in [1.807, 2.05) is 61.5 Å². The Morgan fingerprint density at radius 1 is 1.16 bits per heavy atom. The highest BCUT2D eigenvalue weighted by Crippen LogP contribution is 2.33. The zero-order valence-electron chi connectivity index (χ0n) is 10.9. The minimum Gasteiger partial charge on any atom is -0.457 e. The molecule has 4 heteroatoms. The smallest absolute Gasteiger partial charge is 0.132 e. The Bertz CT molecular complexity index is 572. The van der Waals surface area contributed by atoms with E-state index >= 15 is 0 Å². The molecule has 0 aromatic heterocycles. The number of anilines is 1. The van der Waals surface area contributed by atoms with E-state index in [0.717, 1.165) is 22.7 Å². The molecule has 0 saturated carbocycles. The van der Waals surface area contributed by atoms with Crippen molar-refractivity contribution in [1.82, 2.24) is 0 Å². The van der Waals surface area contributed by atoms with Gasteiger partial charge in [-0.05, 0) is 24.3 Å². The summed E-state index contributed by atoms with van der Waals surface area (Å²) < 4.78 is 5.93. The Kier molecular flexibility index (Phi) is 4.72. The molecule has 2 nitrogen and oxygen atoms in total. The Morgan fingerprint density at radius 2 is 1.89 bits per heavy atom. The number of nitrogens with zero attached hydrogens (tertiary/aromatic N) is 1. The van der Waals surface area contributed by atoms with E-state index in [0.29, 0.717) is 10.4 Å². The predicted molar refractivity (Wildman–Crippen MR) is 84.9 cm³/mol. The normalized spacial score (nSPS) is 10.3. The van der Waals surface area contributed by atoms with Gasteiger partial charge >= 0.3 is 0 Å². The molecule has 0 aliphatic carbocycles. The molecule has 0 N–H and O–H groups in total. The summed E-state index contributed by atoms with van der Waals surface area (Å²) in [7, 11) is 4.00. The summed E-state index contributed by atoms with van der Waals surface area (Å²) in [6.45, 7) is 0. The summed E-state index contributed by atoms with van der Waals surface area (Å²) >= 11 is 9.60. The molecule has 100 valence electrons. The van der Waals surface area contributed by atoms with Gasteiger partial charge in [0.25, 0.3) is 0 Å². The maximum absolute atomic E-state index is 6.16. The first-order valence-electron chi connectivity index (χ1n) is 5.90. The van der Waals surface area contributed by atoms with Gasteiger partial charge in [0.2, 0.25) is 0 Å². The van der Waals surface area contributed by atoms with Crippen LogP contribution in [0.15, 0.2) is 42.5 Å². The standard InChI is InChI=1S/C15H15BrClNO/c1-18(2)11-5-3-6-12(9-11)19-15-8-4-7-14(17)13(15)10-16/h3-9H,10H2,1-2H3. The Labute approximate surface area is 127 Å². The molecular weight excluding hydrogens is 326 g/mol. The third-order valence-corrected chi connectivity index (χ3v) is 3.69. The molecule has 0 unspecified atom stereocenters. The molecule has 0 aliphatic heterocycles. The average molecular weight is 341 g/mol. The van der Waals surface area contributed by atoms with Gasteiger partial charge in [0.15, 0.2) is 0 Å². The lowest BCUT2D eigenvalue weighted by atomic mass is 10.2. The lowest BCUT2D eigenvalue weighted by Crippen LogP contribution is -2.08. The molecule has 0 amide bonds. The van der Waals surface area contributed by atoms with Crippen LogP contribution in [0.5, 0.6) is 11.5 Å². The summed E-state index contributed by atoms with van der Waals surface area (Å²) in [6.07, 6.45) is 0. The second-order valence-corrected chi connectivity index (χ2v) is 5.31. The minimum absolute atomic E-state index is 0.662. The van der Waals surface area contributed by atoms with Gasteiger partial charge in [-0.1, -0.05) is 39.7 Å². The van der Waals surface area contributed by atoms with E-state index in [9.17, 15) is 0 Å². The van der Waals surface area contributed by atoms with Crippen molar-refractivity contribution in [2.45, 2.75) is 5.33 Å². The third kappa shape index (κ3) is 3.43. The average Bonchev–Trinajstić information content (AvgIpc) is 2.39. The summed E-state index contributed by atoms with van der Waals surface area (Å²) in [5.74, 6) is 1.58. The van der Waals surface area contributed by atoms with Crippen molar-refractivity contribution in [3.63, 3.8) is 0 Å². The van der Waals surface area contributed by atoms with Crippen LogP contribution in [-0.4, -0.2) is 14.1 Å². The maximum atomic E-state index is 6.16. The van der Waals surface area contributed by atoms with Gasteiger partial charge in [0, 0.05) is 41.8 Å². The van der Waals surface area contributed by atoms with Crippen molar-refractivity contribution in [1.29, 1.82) is 0 Å². The molecule has 0 heterocycles. The fourth-order valence-corrected chi connectivity index (χ4v) is 2.69. The largest absolute Gasteiger partial charge is 0.457 e. The second kappa shape index (κ2) is 6.31. The Balaban J connectivity index is 2.31. The molecular formula is C15H15BrClNO. The van der Waals surface area contributed by atoms with Crippen LogP contribution in [0.1, 0.15) is 5.56 Å². The van der Waals surface area contributed by atoms with Crippen LogP contribution in [0.25, 0.3) is 0 Å². The number of ether oxygens (including phenoxy) is 1. The minimum atomic E-state index is 0.662. The monoisotopic (exact) mass is 339 g/mol. The van der Waals surface area contributed by atoms with Gasteiger partial charge in [0.1, 0.15) is 11.5 Å². The number of hydrogen-bond acceptors (Lipinski definition) is 2. The Morgan fingerprint density at radius 3 is 2.58 bits per heavy atom. The molecule has 2 rings (SSSR count). The van der Waals surface area contributed by atoms with E-state index in [2.05, 4.69) is 15.9 Å². The van der Waals surface area contributed by atoms with Crippen molar-refractivity contribution >= 4 is 33.2 Å². The third-order valence-electron chi connectivity index (χ3n) is 2.77. The first kappa shape index (κ1) is 14.2. The quantitative estimate of drug-likeness (QED) is 0.719. The van der Waals surface area contributed by atoms with Crippen LogP contribution in [0, 0.1) is 0 Å². The first-order valence-corrected chi connectivity index (χ1v) is 7.40. The van der Waals surface area contributed by atoms with Crippen molar-refractivity contribution in [3.05, 3.63) is 53.1 Å².